The SMILES string of the molecule is CC(c1ccccc1)N(CCC(=O)N1CCCc2ccccc21)S(C)(=O)=O. The molecule has 144 valence electrons. The molecular weight excluding hydrogens is 360 g/mol. The van der Waals surface area contributed by atoms with Crippen LogP contribution in [0, 0.1) is 0 Å². The van der Waals surface area contributed by atoms with E-state index in [2.05, 4.69) is 6.07 Å². The van der Waals surface area contributed by atoms with Crippen molar-refractivity contribution in [2.45, 2.75) is 32.2 Å². The van der Waals surface area contributed by atoms with Gasteiger partial charge in [0.05, 0.1) is 6.26 Å². The Kier molecular flexibility index (Phi) is 5.97. The highest BCUT2D eigenvalue weighted by atomic mass is 32.2. The van der Waals surface area contributed by atoms with E-state index >= 15 is 0 Å². The molecule has 6 heteroatoms. The molecule has 0 radical (unpaired) electrons. The number of nitrogens with zero attached hydrogens (tertiary/aromatic N) is 2. The number of anilines is 1. The molecule has 0 spiro atoms. The average molecular weight is 387 g/mol. The number of hydrogen-bond donors (Lipinski definition) is 0. The first-order valence-corrected chi connectivity index (χ1v) is 11.1. The number of amides is 1. The summed E-state index contributed by atoms with van der Waals surface area (Å²) in [5, 5.41) is 0. The number of rotatable bonds is 6. The zero-order chi connectivity index (χ0) is 19.4. The maximum absolute atomic E-state index is 12.9. The molecule has 2 aromatic carbocycles. The van der Waals surface area contributed by atoms with Gasteiger partial charge in [0.1, 0.15) is 0 Å². The van der Waals surface area contributed by atoms with Crippen LogP contribution in [-0.4, -0.2) is 38.0 Å². The monoisotopic (exact) mass is 386 g/mol. The highest BCUT2D eigenvalue weighted by Crippen LogP contribution is 2.28. The van der Waals surface area contributed by atoms with Crippen molar-refractivity contribution in [3.05, 3.63) is 65.7 Å². The van der Waals surface area contributed by atoms with Crippen molar-refractivity contribution in [3.63, 3.8) is 0 Å². The highest BCUT2D eigenvalue weighted by molar-refractivity contribution is 7.88. The molecule has 1 unspecified atom stereocenters. The Bertz CT molecular complexity index is 897. The number of para-hydroxylation sites is 1. The summed E-state index contributed by atoms with van der Waals surface area (Å²) in [7, 11) is -3.44. The van der Waals surface area contributed by atoms with Gasteiger partial charge in [-0.25, -0.2) is 8.42 Å². The third-order valence-corrected chi connectivity index (χ3v) is 6.45. The lowest BCUT2D eigenvalue weighted by Gasteiger charge is -2.31. The lowest BCUT2D eigenvalue weighted by molar-refractivity contribution is -0.118. The summed E-state index contributed by atoms with van der Waals surface area (Å²) < 4.78 is 26.1. The zero-order valence-electron chi connectivity index (χ0n) is 15.8. The van der Waals surface area contributed by atoms with Gasteiger partial charge in [-0.05, 0) is 37.0 Å². The van der Waals surface area contributed by atoms with Gasteiger partial charge in [-0.3, -0.25) is 4.79 Å². The molecule has 1 heterocycles. The highest BCUT2D eigenvalue weighted by Gasteiger charge is 2.27. The van der Waals surface area contributed by atoms with Crippen molar-refractivity contribution in [2.24, 2.45) is 0 Å². The average Bonchev–Trinajstić information content (AvgIpc) is 2.67. The fraction of sp³-hybridized carbons (Fsp3) is 0.381. The van der Waals surface area contributed by atoms with Crippen LogP contribution in [0.15, 0.2) is 54.6 Å². The summed E-state index contributed by atoms with van der Waals surface area (Å²) in [6, 6.07) is 17.1. The summed E-state index contributed by atoms with van der Waals surface area (Å²) in [5.41, 5.74) is 3.05. The number of fused-ring (bicyclic) bond motifs is 1. The molecule has 1 aliphatic heterocycles. The lowest BCUT2D eigenvalue weighted by atomic mass is 10.0. The molecule has 27 heavy (non-hydrogen) atoms. The van der Waals surface area contributed by atoms with Gasteiger partial charge in [-0.15, -0.1) is 0 Å². The molecule has 0 bridgehead atoms. The Hall–Kier alpha value is -2.18. The van der Waals surface area contributed by atoms with E-state index in [4.69, 9.17) is 0 Å². The van der Waals surface area contributed by atoms with Gasteiger partial charge in [0, 0.05) is 31.2 Å². The van der Waals surface area contributed by atoms with E-state index in [1.54, 1.807) is 4.90 Å². The normalized spacial score (nSPS) is 15.4. The molecule has 0 saturated carbocycles. The minimum atomic E-state index is -3.44. The number of carbonyl (C=O) groups is 1. The Balaban J connectivity index is 1.74. The number of hydrogen-bond acceptors (Lipinski definition) is 3. The lowest BCUT2D eigenvalue weighted by Crippen LogP contribution is -2.39. The van der Waals surface area contributed by atoms with Gasteiger partial charge in [0.2, 0.25) is 15.9 Å². The van der Waals surface area contributed by atoms with Gasteiger partial charge in [0.25, 0.3) is 0 Å². The Morgan fingerprint density at radius 3 is 2.48 bits per heavy atom. The fourth-order valence-corrected chi connectivity index (χ4v) is 4.80. The zero-order valence-corrected chi connectivity index (χ0v) is 16.7. The largest absolute Gasteiger partial charge is 0.312 e. The van der Waals surface area contributed by atoms with E-state index in [1.165, 1.54) is 16.1 Å². The summed E-state index contributed by atoms with van der Waals surface area (Å²) in [6.07, 6.45) is 3.27. The van der Waals surface area contributed by atoms with Gasteiger partial charge in [0.15, 0.2) is 0 Å². The third-order valence-electron chi connectivity index (χ3n) is 5.10. The van der Waals surface area contributed by atoms with Crippen LogP contribution in [0.1, 0.15) is 36.9 Å². The first-order valence-electron chi connectivity index (χ1n) is 9.28. The molecule has 0 fully saturated rings. The number of carbonyl (C=O) groups excluding carboxylic acids is 1. The molecule has 0 saturated heterocycles. The van der Waals surface area contributed by atoms with E-state index in [1.807, 2.05) is 55.5 Å². The predicted molar refractivity (Wildman–Crippen MR) is 108 cm³/mol. The first-order chi connectivity index (χ1) is 12.9. The van der Waals surface area contributed by atoms with E-state index in [9.17, 15) is 13.2 Å². The van der Waals surface area contributed by atoms with Crippen LogP contribution < -0.4 is 4.90 Å². The van der Waals surface area contributed by atoms with Crippen molar-refractivity contribution in [3.8, 4) is 0 Å². The number of benzene rings is 2. The summed E-state index contributed by atoms with van der Waals surface area (Å²) in [5.74, 6) is -0.0314. The molecule has 1 atom stereocenters. The molecule has 2 aromatic rings. The number of aryl methyl sites for hydroxylation is 1. The second-order valence-electron chi connectivity index (χ2n) is 6.99. The van der Waals surface area contributed by atoms with Crippen LogP contribution >= 0.6 is 0 Å². The van der Waals surface area contributed by atoms with Crippen LogP contribution in [0.4, 0.5) is 5.69 Å². The summed E-state index contributed by atoms with van der Waals surface area (Å²) in [4.78, 5) is 14.7. The van der Waals surface area contributed by atoms with Crippen molar-refractivity contribution in [1.29, 1.82) is 0 Å². The predicted octanol–water partition coefficient (Wildman–Crippen LogP) is 3.38. The minimum Gasteiger partial charge on any atom is -0.312 e. The topological polar surface area (TPSA) is 57.7 Å². The van der Waals surface area contributed by atoms with Crippen molar-refractivity contribution < 1.29 is 13.2 Å². The standard InChI is InChI=1S/C21H26N2O3S/c1-17(18-9-4-3-5-10-18)23(27(2,25)26)16-14-21(24)22-15-8-12-19-11-6-7-13-20(19)22/h3-7,9-11,13,17H,8,12,14-16H2,1-2H3. The molecule has 0 aromatic heterocycles. The fourth-order valence-electron chi connectivity index (χ4n) is 3.68. The maximum Gasteiger partial charge on any atom is 0.228 e. The number of sulfonamides is 1. The Labute approximate surface area is 161 Å². The van der Waals surface area contributed by atoms with Gasteiger partial charge in [-0.2, -0.15) is 4.31 Å². The smallest absolute Gasteiger partial charge is 0.228 e. The molecule has 3 rings (SSSR count). The maximum atomic E-state index is 12.9. The van der Waals surface area contributed by atoms with Crippen molar-refractivity contribution in [1.82, 2.24) is 4.31 Å². The summed E-state index contributed by atoms with van der Waals surface area (Å²) >= 11 is 0. The summed E-state index contributed by atoms with van der Waals surface area (Å²) in [6.45, 7) is 2.71. The Morgan fingerprint density at radius 2 is 1.78 bits per heavy atom. The molecule has 0 N–H and O–H groups in total. The van der Waals surface area contributed by atoms with Crippen LogP contribution in [0.25, 0.3) is 0 Å². The second kappa shape index (κ2) is 8.23. The minimum absolute atomic E-state index is 0.0314. The van der Waals surface area contributed by atoms with Crippen LogP contribution in [0.5, 0.6) is 0 Å². The quantitative estimate of drug-likeness (QED) is 0.765. The van der Waals surface area contributed by atoms with E-state index in [0.29, 0.717) is 6.54 Å². The molecule has 0 aliphatic carbocycles. The first kappa shape index (κ1) is 19.6. The third kappa shape index (κ3) is 4.57. The molecular formula is C21H26N2O3S. The van der Waals surface area contributed by atoms with Gasteiger partial charge >= 0.3 is 0 Å². The van der Waals surface area contributed by atoms with Crippen molar-refractivity contribution >= 4 is 21.6 Å². The Morgan fingerprint density at radius 1 is 1.11 bits per heavy atom. The van der Waals surface area contributed by atoms with E-state index in [0.717, 1.165) is 24.1 Å². The van der Waals surface area contributed by atoms with Crippen LogP contribution in [-0.2, 0) is 21.2 Å². The molecule has 1 amide bonds. The molecule has 5 nitrogen and oxygen atoms in total. The van der Waals surface area contributed by atoms with Crippen LogP contribution in [0.3, 0.4) is 0 Å². The van der Waals surface area contributed by atoms with Gasteiger partial charge in [-0.1, -0.05) is 48.5 Å². The van der Waals surface area contributed by atoms with E-state index in [-0.39, 0.29) is 24.9 Å². The molecule has 1 aliphatic rings. The van der Waals surface area contributed by atoms with Gasteiger partial charge < -0.3 is 4.90 Å². The second-order valence-corrected chi connectivity index (χ2v) is 8.92. The van der Waals surface area contributed by atoms with Crippen LogP contribution in [0.2, 0.25) is 0 Å². The van der Waals surface area contributed by atoms with E-state index < -0.39 is 10.0 Å². The van der Waals surface area contributed by atoms with Crippen molar-refractivity contribution in [2.75, 3.05) is 24.2 Å².